The second kappa shape index (κ2) is 7.55. The molecule has 138 valence electrons. The summed E-state index contributed by atoms with van der Waals surface area (Å²) in [5.41, 5.74) is 5.42. The zero-order chi connectivity index (χ0) is 18.8. The van der Waals surface area contributed by atoms with Crippen molar-refractivity contribution in [3.63, 3.8) is 0 Å². The molecule has 0 saturated carbocycles. The van der Waals surface area contributed by atoms with E-state index in [1.165, 1.54) is 17.2 Å². The van der Waals surface area contributed by atoms with Crippen molar-refractivity contribution in [1.29, 1.82) is 0 Å². The summed E-state index contributed by atoms with van der Waals surface area (Å²) >= 11 is 0. The van der Waals surface area contributed by atoms with E-state index in [9.17, 15) is 4.39 Å². The van der Waals surface area contributed by atoms with E-state index in [1.54, 1.807) is 12.1 Å². The largest absolute Gasteiger partial charge is 0.390 e. The van der Waals surface area contributed by atoms with E-state index >= 15 is 0 Å². The highest BCUT2D eigenvalue weighted by Crippen LogP contribution is 2.36. The van der Waals surface area contributed by atoms with Gasteiger partial charge in [0, 0.05) is 18.0 Å². The summed E-state index contributed by atoms with van der Waals surface area (Å²) in [7, 11) is 2.09. The molecule has 1 aliphatic rings. The van der Waals surface area contributed by atoms with E-state index in [1.807, 2.05) is 24.3 Å². The quantitative estimate of drug-likeness (QED) is 0.770. The minimum Gasteiger partial charge on any atom is -0.390 e. The third-order valence-electron chi connectivity index (χ3n) is 5.22. The van der Waals surface area contributed by atoms with E-state index in [2.05, 4.69) is 34.3 Å². The average Bonchev–Trinajstić information content (AvgIpc) is 2.86. The predicted molar refractivity (Wildman–Crippen MR) is 103 cm³/mol. The maximum absolute atomic E-state index is 14.5. The van der Waals surface area contributed by atoms with Gasteiger partial charge in [-0.15, -0.1) is 0 Å². The molecular weight excluding hydrogens is 341 g/mol. The van der Waals surface area contributed by atoms with Gasteiger partial charge in [0.05, 0.1) is 18.0 Å². The Morgan fingerprint density at radius 2 is 1.93 bits per heavy atom. The van der Waals surface area contributed by atoms with Gasteiger partial charge in [0.2, 0.25) is 0 Å². The topological polar surface area (TPSA) is 49.2 Å². The Morgan fingerprint density at radius 1 is 1.07 bits per heavy atom. The monoisotopic (exact) mass is 363 g/mol. The summed E-state index contributed by atoms with van der Waals surface area (Å²) in [6, 6.07) is 17.0. The van der Waals surface area contributed by atoms with Gasteiger partial charge < -0.3 is 10.0 Å². The lowest BCUT2D eigenvalue weighted by Crippen LogP contribution is -2.17. The highest BCUT2D eigenvalue weighted by Gasteiger charge is 2.24. The van der Waals surface area contributed by atoms with Crippen LogP contribution in [-0.4, -0.2) is 33.8 Å². The number of aliphatic hydroxyl groups excluding tert-OH is 1. The van der Waals surface area contributed by atoms with Gasteiger partial charge in [0.25, 0.3) is 0 Å². The van der Waals surface area contributed by atoms with E-state index in [4.69, 9.17) is 5.11 Å². The fourth-order valence-electron chi connectivity index (χ4n) is 3.80. The summed E-state index contributed by atoms with van der Waals surface area (Å²) in [5.74, 6) is -0.101. The summed E-state index contributed by atoms with van der Waals surface area (Å²) < 4.78 is 14.5. The van der Waals surface area contributed by atoms with Crippen molar-refractivity contribution < 1.29 is 9.50 Å². The number of aromatic nitrogens is 2. The van der Waals surface area contributed by atoms with Crippen LogP contribution in [0.25, 0.3) is 11.3 Å². The van der Waals surface area contributed by atoms with Crippen molar-refractivity contribution in [2.24, 2.45) is 0 Å². The van der Waals surface area contributed by atoms with E-state index in [-0.39, 0.29) is 18.3 Å². The van der Waals surface area contributed by atoms with Crippen LogP contribution in [-0.2, 0) is 13.2 Å². The number of benzene rings is 2. The molecule has 1 N–H and O–H groups in total. The van der Waals surface area contributed by atoms with Crippen LogP contribution in [0.2, 0.25) is 0 Å². The molecule has 2 aromatic carbocycles. The van der Waals surface area contributed by atoms with E-state index in [0.29, 0.717) is 5.69 Å². The molecule has 27 heavy (non-hydrogen) atoms. The first kappa shape index (κ1) is 17.8. The van der Waals surface area contributed by atoms with Gasteiger partial charge in [-0.25, -0.2) is 4.39 Å². The van der Waals surface area contributed by atoms with Gasteiger partial charge in [-0.3, -0.25) is 0 Å². The molecule has 0 spiro atoms. The van der Waals surface area contributed by atoms with Crippen molar-refractivity contribution in [2.45, 2.75) is 25.5 Å². The molecule has 4 rings (SSSR count). The van der Waals surface area contributed by atoms with Crippen molar-refractivity contribution in [3.8, 4) is 11.3 Å². The average molecular weight is 363 g/mol. The minimum absolute atomic E-state index is 0.0445. The molecule has 0 saturated heterocycles. The highest BCUT2D eigenvalue weighted by molar-refractivity contribution is 5.61. The molecule has 0 aliphatic carbocycles. The molecule has 0 fully saturated rings. The third kappa shape index (κ3) is 3.61. The summed E-state index contributed by atoms with van der Waals surface area (Å²) in [6.07, 6.45) is 0.884. The van der Waals surface area contributed by atoms with Crippen molar-refractivity contribution >= 4 is 0 Å². The number of hydrogen-bond donors (Lipinski definition) is 1. The molecular formula is C22H22FN3O. The molecule has 1 aromatic heterocycles. The zero-order valence-electron chi connectivity index (χ0n) is 15.3. The maximum atomic E-state index is 14.5. The number of halogens is 1. The number of hydrogen-bond acceptors (Lipinski definition) is 4. The number of nitrogens with zero attached hydrogens (tertiary/aromatic N) is 3. The van der Waals surface area contributed by atoms with Crippen LogP contribution in [0.1, 0.15) is 34.7 Å². The lowest BCUT2D eigenvalue weighted by atomic mass is 9.85. The van der Waals surface area contributed by atoms with Crippen molar-refractivity contribution in [3.05, 3.63) is 82.8 Å². The van der Waals surface area contributed by atoms with Crippen LogP contribution in [0.15, 0.2) is 54.6 Å². The second-order valence-electron chi connectivity index (χ2n) is 7.08. The molecule has 5 heteroatoms. The molecule has 4 nitrogen and oxygen atoms in total. The van der Waals surface area contributed by atoms with Gasteiger partial charge in [0.15, 0.2) is 0 Å². The predicted octanol–water partition coefficient (Wildman–Crippen LogP) is 3.74. The zero-order valence-corrected chi connectivity index (χ0v) is 15.3. The molecule has 0 bridgehead atoms. The van der Waals surface area contributed by atoms with Crippen LogP contribution in [0.4, 0.5) is 4.39 Å². The van der Waals surface area contributed by atoms with Crippen LogP contribution in [0, 0.1) is 5.82 Å². The molecule has 1 aliphatic heterocycles. The van der Waals surface area contributed by atoms with Crippen molar-refractivity contribution in [1.82, 2.24) is 15.1 Å². The van der Waals surface area contributed by atoms with Crippen LogP contribution >= 0.6 is 0 Å². The molecule has 1 unspecified atom stereocenters. The normalized spacial score (nSPS) is 17.4. The first-order valence-electron chi connectivity index (χ1n) is 9.15. The molecule has 0 radical (unpaired) electrons. The van der Waals surface area contributed by atoms with Crippen molar-refractivity contribution in [2.75, 3.05) is 13.6 Å². The summed E-state index contributed by atoms with van der Waals surface area (Å²) in [6.45, 7) is 1.61. The summed E-state index contributed by atoms with van der Waals surface area (Å²) in [4.78, 5) is 2.27. The Hall–Kier alpha value is -2.63. The molecule has 0 amide bonds. The first-order chi connectivity index (χ1) is 13.2. The molecule has 3 aromatic rings. The molecule has 1 atom stereocenters. The van der Waals surface area contributed by atoms with Crippen LogP contribution in [0.3, 0.4) is 0 Å². The lowest BCUT2D eigenvalue weighted by molar-refractivity contribution is 0.275. The van der Waals surface area contributed by atoms with Gasteiger partial charge in [-0.05, 0) is 61.0 Å². The standard InChI is InChI=1S/C22H22FN3O/c1-26-11-10-19(20-4-2-3-5-21(20)23)18-8-6-15(12-16(18)13-26)22-9-7-17(14-27)24-25-22/h2-9,12,19,27H,10-11,13-14H2,1H3. The Kier molecular flexibility index (Phi) is 4.97. The Balaban J connectivity index is 1.76. The van der Waals surface area contributed by atoms with E-state index in [0.717, 1.165) is 36.3 Å². The second-order valence-corrected chi connectivity index (χ2v) is 7.08. The van der Waals surface area contributed by atoms with E-state index < -0.39 is 0 Å². The van der Waals surface area contributed by atoms with Gasteiger partial charge in [-0.1, -0.05) is 30.3 Å². The minimum atomic E-state index is -0.146. The van der Waals surface area contributed by atoms with Gasteiger partial charge in [-0.2, -0.15) is 10.2 Å². The fraction of sp³-hybridized carbons (Fsp3) is 0.273. The van der Waals surface area contributed by atoms with Gasteiger partial charge >= 0.3 is 0 Å². The Morgan fingerprint density at radius 3 is 2.67 bits per heavy atom. The SMILES string of the molecule is CN1CCC(c2ccccc2F)c2ccc(-c3ccc(CO)nn3)cc2C1. The number of rotatable bonds is 3. The number of fused-ring (bicyclic) bond motifs is 1. The number of aliphatic hydroxyl groups is 1. The maximum Gasteiger partial charge on any atom is 0.127 e. The smallest absolute Gasteiger partial charge is 0.127 e. The Bertz CT molecular complexity index is 943. The lowest BCUT2D eigenvalue weighted by Gasteiger charge is -2.19. The Labute approximate surface area is 158 Å². The molecule has 2 heterocycles. The third-order valence-corrected chi connectivity index (χ3v) is 5.22. The fourth-order valence-corrected chi connectivity index (χ4v) is 3.80. The highest BCUT2D eigenvalue weighted by atomic mass is 19.1. The first-order valence-corrected chi connectivity index (χ1v) is 9.15. The van der Waals surface area contributed by atoms with Gasteiger partial charge in [0.1, 0.15) is 5.82 Å². The van der Waals surface area contributed by atoms with Crippen LogP contribution in [0.5, 0.6) is 0 Å². The summed E-state index contributed by atoms with van der Waals surface area (Å²) in [5, 5.41) is 17.4. The van der Waals surface area contributed by atoms with Crippen LogP contribution < -0.4 is 0 Å².